The standard InChI is InChI=1S/C23H21BrFN5O/c1-15-11-16(2)30(27-15)13-18-3-7-19(8-4-18)23(31)26-22-21(24)14-29(28-22)12-17-5-9-20(25)10-6-17/h3-11,14H,12-13H2,1-2H3,(H,26,28,31). The number of aromatic nitrogens is 4. The maximum absolute atomic E-state index is 13.1. The third-order valence-corrected chi connectivity index (χ3v) is 5.44. The van der Waals surface area contributed by atoms with Gasteiger partial charge in [0.1, 0.15) is 5.82 Å². The van der Waals surface area contributed by atoms with Crippen molar-refractivity contribution in [2.45, 2.75) is 26.9 Å². The zero-order valence-electron chi connectivity index (χ0n) is 17.1. The molecule has 0 saturated carbocycles. The number of hydrogen-bond acceptors (Lipinski definition) is 3. The van der Waals surface area contributed by atoms with Gasteiger partial charge in [-0.15, -0.1) is 0 Å². The molecule has 0 bridgehead atoms. The van der Waals surface area contributed by atoms with Crippen molar-refractivity contribution >= 4 is 27.7 Å². The van der Waals surface area contributed by atoms with Crippen molar-refractivity contribution in [3.8, 4) is 0 Å². The number of carbonyl (C=O) groups excluding carboxylic acids is 1. The molecule has 8 heteroatoms. The SMILES string of the molecule is Cc1cc(C)n(Cc2ccc(C(=O)Nc3nn(Cc4ccc(F)cc4)cc3Br)cc2)n1. The summed E-state index contributed by atoms with van der Waals surface area (Å²) < 4.78 is 17.4. The van der Waals surface area contributed by atoms with Gasteiger partial charge in [-0.2, -0.15) is 10.2 Å². The number of nitrogens with zero attached hydrogens (tertiary/aromatic N) is 4. The Bertz CT molecular complexity index is 1210. The first kappa shape index (κ1) is 21.0. The van der Waals surface area contributed by atoms with E-state index in [1.54, 1.807) is 35.1 Å². The summed E-state index contributed by atoms with van der Waals surface area (Å²) in [5.74, 6) is -0.0940. The Labute approximate surface area is 187 Å². The highest BCUT2D eigenvalue weighted by Gasteiger charge is 2.13. The maximum atomic E-state index is 13.1. The molecule has 2 heterocycles. The zero-order chi connectivity index (χ0) is 22.0. The van der Waals surface area contributed by atoms with E-state index in [0.717, 1.165) is 22.5 Å². The van der Waals surface area contributed by atoms with Gasteiger partial charge in [0.15, 0.2) is 5.82 Å². The summed E-state index contributed by atoms with van der Waals surface area (Å²) in [4.78, 5) is 12.7. The number of aryl methyl sites for hydroxylation is 2. The fourth-order valence-corrected chi connectivity index (χ4v) is 3.70. The fourth-order valence-electron chi connectivity index (χ4n) is 3.29. The molecule has 0 unspecified atom stereocenters. The molecule has 4 aromatic rings. The molecule has 0 aliphatic rings. The van der Waals surface area contributed by atoms with Crippen LogP contribution in [0.25, 0.3) is 0 Å². The van der Waals surface area contributed by atoms with Gasteiger partial charge in [0, 0.05) is 17.5 Å². The van der Waals surface area contributed by atoms with Crippen LogP contribution in [0, 0.1) is 19.7 Å². The summed E-state index contributed by atoms with van der Waals surface area (Å²) in [6, 6.07) is 15.7. The van der Waals surface area contributed by atoms with Crippen molar-refractivity contribution in [1.82, 2.24) is 19.6 Å². The molecule has 2 aromatic heterocycles. The van der Waals surface area contributed by atoms with Gasteiger partial charge >= 0.3 is 0 Å². The van der Waals surface area contributed by atoms with Crippen LogP contribution in [0.4, 0.5) is 10.2 Å². The van der Waals surface area contributed by atoms with Crippen molar-refractivity contribution in [1.29, 1.82) is 0 Å². The predicted octanol–water partition coefficient (Wildman–Crippen LogP) is 4.95. The topological polar surface area (TPSA) is 64.7 Å². The summed E-state index contributed by atoms with van der Waals surface area (Å²) in [5, 5.41) is 11.7. The second-order valence-corrected chi connectivity index (χ2v) is 8.24. The summed E-state index contributed by atoms with van der Waals surface area (Å²) in [6.07, 6.45) is 1.77. The molecule has 0 spiro atoms. The number of carbonyl (C=O) groups is 1. The molecular formula is C23H21BrFN5O. The monoisotopic (exact) mass is 481 g/mol. The molecule has 6 nitrogen and oxygen atoms in total. The van der Waals surface area contributed by atoms with Gasteiger partial charge in [-0.3, -0.25) is 14.2 Å². The van der Waals surface area contributed by atoms with Gasteiger partial charge in [-0.05, 0) is 71.2 Å². The minimum absolute atomic E-state index is 0.245. The highest BCUT2D eigenvalue weighted by Crippen LogP contribution is 2.22. The highest BCUT2D eigenvalue weighted by molar-refractivity contribution is 9.10. The van der Waals surface area contributed by atoms with E-state index in [2.05, 4.69) is 31.4 Å². The van der Waals surface area contributed by atoms with Gasteiger partial charge in [-0.1, -0.05) is 24.3 Å². The predicted molar refractivity (Wildman–Crippen MR) is 121 cm³/mol. The van der Waals surface area contributed by atoms with Crippen LogP contribution in [0.1, 0.15) is 32.9 Å². The molecule has 0 atom stereocenters. The normalized spacial score (nSPS) is 11.0. The quantitative estimate of drug-likeness (QED) is 0.423. The van der Waals surface area contributed by atoms with Crippen LogP contribution in [0.5, 0.6) is 0 Å². The third kappa shape index (κ3) is 5.08. The maximum Gasteiger partial charge on any atom is 0.256 e. The summed E-state index contributed by atoms with van der Waals surface area (Å²) in [7, 11) is 0. The van der Waals surface area contributed by atoms with Crippen molar-refractivity contribution in [3.63, 3.8) is 0 Å². The van der Waals surface area contributed by atoms with Crippen LogP contribution in [0.15, 0.2) is 65.3 Å². The number of nitrogens with one attached hydrogen (secondary N) is 1. The van der Waals surface area contributed by atoms with E-state index in [1.165, 1.54) is 12.1 Å². The van der Waals surface area contributed by atoms with Gasteiger partial charge in [0.25, 0.3) is 5.91 Å². The molecule has 2 aromatic carbocycles. The molecule has 1 N–H and O–H groups in total. The van der Waals surface area contributed by atoms with Crippen molar-refractivity contribution < 1.29 is 9.18 Å². The Morgan fingerprint density at radius 3 is 2.29 bits per heavy atom. The average molecular weight is 482 g/mol. The smallest absolute Gasteiger partial charge is 0.256 e. The molecule has 4 rings (SSSR count). The number of halogens is 2. The average Bonchev–Trinajstić information content (AvgIpc) is 3.24. The van der Waals surface area contributed by atoms with Crippen LogP contribution < -0.4 is 5.32 Å². The van der Waals surface area contributed by atoms with Gasteiger partial charge in [0.2, 0.25) is 0 Å². The number of rotatable bonds is 6. The molecule has 158 valence electrons. The second kappa shape index (κ2) is 8.85. The first-order valence-corrected chi connectivity index (χ1v) is 10.6. The molecule has 31 heavy (non-hydrogen) atoms. The van der Waals surface area contributed by atoms with Gasteiger partial charge in [0.05, 0.1) is 23.3 Å². The molecule has 0 aliphatic carbocycles. The van der Waals surface area contributed by atoms with E-state index in [1.807, 2.05) is 36.7 Å². The lowest BCUT2D eigenvalue weighted by Crippen LogP contribution is -2.13. The minimum atomic E-state index is -0.278. The highest BCUT2D eigenvalue weighted by atomic mass is 79.9. The van der Waals surface area contributed by atoms with Crippen LogP contribution in [0.3, 0.4) is 0 Å². The Balaban J connectivity index is 1.41. The van der Waals surface area contributed by atoms with Crippen molar-refractivity contribution in [3.05, 3.63) is 99.2 Å². The summed E-state index contributed by atoms with van der Waals surface area (Å²) >= 11 is 3.43. The Hall–Kier alpha value is -3.26. The summed E-state index contributed by atoms with van der Waals surface area (Å²) in [5.41, 5.74) is 4.59. The van der Waals surface area contributed by atoms with Crippen LogP contribution >= 0.6 is 15.9 Å². The van der Waals surface area contributed by atoms with Gasteiger partial charge < -0.3 is 5.32 Å². The van der Waals surface area contributed by atoms with Crippen LogP contribution in [-0.4, -0.2) is 25.5 Å². The first-order valence-electron chi connectivity index (χ1n) is 9.76. The molecule has 0 radical (unpaired) electrons. The Morgan fingerprint density at radius 1 is 1.00 bits per heavy atom. The lowest BCUT2D eigenvalue weighted by Gasteiger charge is -2.07. The van der Waals surface area contributed by atoms with E-state index in [4.69, 9.17) is 0 Å². The fraction of sp³-hybridized carbons (Fsp3) is 0.174. The molecule has 1 amide bonds. The lowest BCUT2D eigenvalue weighted by molar-refractivity contribution is 0.102. The number of benzene rings is 2. The van der Waals surface area contributed by atoms with Crippen LogP contribution in [-0.2, 0) is 13.1 Å². The molecule has 0 aliphatic heterocycles. The van der Waals surface area contributed by atoms with Gasteiger partial charge in [-0.25, -0.2) is 4.39 Å². The lowest BCUT2D eigenvalue weighted by atomic mass is 10.1. The third-order valence-electron chi connectivity index (χ3n) is 4.86. The van der Waals surface area contributed by atoms with Crippen LogP contribution in [0.2, 0.25) is 0 Å². The molecular weight excluding hydrogens is 461 g/mol. The number of hydrogen-bond donors (Lipinski definition) is 1. The number of anilines is 1. The second-order valence-electron chi connectivity index (χ2n) is 7.39. The molecule has 0 fully saturated rings. The Morgan fingerprint density at radius 2 is 1.65 bits per heavy atom. The van der Waals surface area contributed by atoms with E-state index >= 15 is 0 Å². The zero-order valence-corrected chi connectivity index (χ0v) is 18.7. The number of amides is 1. The van der Waals surface area contributed by atoms with E-state index in [9.17, 15) is 9.18 Å². The van der Waals surface area contributed by atoms with Crippen molar-refractivity contribution in [2.24, 2.45) is 0 Å². The van der Waals surface area contributed by atoms with E-state index in [-0.39, 0.29) is 11.7 Å². The van der Waals surface area contributed by atoms with Crippen molar-refractivity contribution in [2.75, 3.05) is 5.32 Å². The summed E-state index contributed by atoms with van der Waals surface area (Å²) in [6.45, 7) is 5.11. The molecule has 0 saturated heterocycles. The van der Waals surface area contributed by atoms with E-state index in [0.29, 0.717) is 28.9 Å². The van der Waals surface area contributed by atoms with E-state index < -0.39 is 0 Å². The minimum Gasteiger partial charge on any atom is -0.304 e. The largest absolute Gasteiger partial charge is 0.304 e. The Kier molecular flexibility index (Phi) is 5.99. The first-order chi connectivity index (χ1) is 14.9.